The lowest BCUT2D eigenvalue weighted by Crippen LogP contribution is -1.91. The minimum Gasteiger partial charge on any atom is -0.494 e. The maximum Gasteiger partial charge on any atom is 0.165 e. The second kappa shape index (κ2) is 4.98. The smallest absolute Gasteiger partial charge is 0.165 e. The summed E-state index contributed by atoms with van der Waals surface area (Å²) in [6.07, 6.45) is 0. The van der Waals surface area contributed by atoms with Crippen LogP contribution in [0.2, 0.25) is 0 Å². The third kappa shape index (κ3) is 2.24. The number of aromatic nitrogens is 1. The van der Waals surface area contributed by atoms with Crippen molar-refractivity contribution in [2.75, 3.05) is 7.11 Å². The molecule has 0 aliphatic heterocycles. The number of pyridine rings is 1. The highest BCUT2D eigenvalue weighted by atomic mass is 32.1. The standard InChI is InChI=1S/C13H9FN2OS/c1-17-12-5-3-8(6-10(12)14)11-4-2-9(7-15)13(18)16-11/h2-6H,1H3,(H,16,18). The number of halogens is 1. The third-order valence-electron chi connectivity index (χ3n) is 2.49. The first kappa shape index (κ1) is 12.3. The van der Waals surface area contributed by atoms with Crippen molar-refractivity contribution in [1.82, 2.24) is 4.98 Å². The van der Waals surface area contributed by atoms with Gasteiger partial charge in [-0.3, -0.25) is 0 Å². The van der Waals surface area contributed by atoms with Gasteiger partial charge in [-0.1, -0.05) is 12.2 Å². The molecule has 0 aliphatic rings. The zero-order valence-electron chi connectivity index (χ0n) is 9.53. The van der Waals surface area contributed by atoms with Crippen LogP contribution in [0.15, 0.2) is 30.3 Å². The molecule has 90 valence electrons. The van der Waals surface area contributed by atoms with E-state index in [1.54, 1.807) is 24.3 Å². The van der Waals surface area contributed by atoms with Crippen LogP contribution >= 0.6 is 12.2 Å². The van der Waals surface area contributed by atoms with Gasteiger partial charge in [0.2, 0.25) is 0 Å². The summed E-state index contributed by atoms with van der Waals surface area (Å²) in [5.74, 6) is -0.260. The van der Waals surface area contributed by atoms with Gasteiger partial charge in [0.15, 0.2) is 11.6 Å². The number of nitrogens with one attached hydrogen (secondary N) is 1. The summed E-state index contributed by atoms with van der Waals surface area (Å²) in [6, 6.07) is 9.88. The molecule has 0 radical (unpaired) electrons. The van der Waals surface area contributed by atoms with Gasteiger partial charge in [-0.2, -0.15) is 5.26 Å². The van der Waals surface area contributed by atoms with Crippen molar-refractivity contribution in [2.24, 2.45) is 0 Å². The second-order valence-corrected chi connectivity index (χ2v) is 3.98. The average molecular weight is 260 g/mol. The molecule has 1 aromatic carbocycles. The van der Waals surface area contributed by atoms with E-state index in [-0.39, 0.29) is 5.75 Å². The Balaban J connectivity index is 2.50. The number of methoxy groups -OCH3 is 1. The highest BCUT2D eigenvalue weighted by Crippen LogP contribution is 2.24. The van der Waals surface area contributed by atoms with Gasteiger partial charge in [0, 0.05) is 11.3 Å². The summed E-state index contributed by atoms with van der Waals surface area (Å²) >= 11 is 5.02. The van der Waals surface area contributed by atoms with Crippen LogP contribution in [0.4, 0.5) is 4.39 Å². The van der Waals surface area contributed by atoms with E-state index in [1.807, 2.05) is 6.07 Å². The highest BCUT2D eigenvalue weighted by Gasteiger charge is 2.06. The summed E-state index contributed by atoms with van der Waals surface area (Å²) in [7, 11) is 1.41. The summed E-state index contributed by atoms with van der Waals surface area (Å²) in [5, 5.41) is 8.78. The number of hydrogen-bond donors (Lipinski definition) is 1. The molecule has 0 saturated carbocycles. The predicted molar refractivity (Wildman–Crippen MR) is 68.3 cm³/mol. The number of H-pyrrole nitrogens is 1. The molecule has 0 fully saturated rings. The molecule has 0 atom stereocenters. The monoisotopic (exact) mass is 260 g/mol. The van der Waals surface area contributed by atoms with Crippen LogP contribution in [0.1, 0.15) is 5.56 Å². The van der Waals surface area contributed by atoms with Crippen LogP contribution in [0, 0.1) is 21.8 Å². The van der Waals surface area contributed by atoms with Crippen LogP contribution in [-0.4, -0.2) is 12.1 Å². The topological polar surface area (TPSA) is 48.8 Å². The summed E-state index contributed by atoms with van der Waals surface area (Å²) in [5.41, 5.74) is 1.69. The van der Waals surface area contributed by atoms with E-state index >= 15 is 0 Å². The number of nitrogens with zero attached hydrogens (tertiary/aromatic N) is 1. The minimum atomic E-state index is -0.446. The Morgan fingerprint density at radius 3 is 2.67 bits per heavy atom. The maximum absolute atomic E-state index is 13.6. The first-order valence-electron chi connectivity index (χ1n) is 5.13. The fraction of sp³-hybridized carbons (Fsp3) is 0.0769. The maximum atomic E-state index is 13.6. The first-order valence-corrected chi connectivity index (χ1v) is 5.54. The van der Waals surface area contributed by atoms with Gasteiger partial charge in [0.05, 0.1) is 12.7 Å². The van der Waals surface area contributed by atoms with Crippen molar-refractivity contribution in [3.8, 4) is 23.1 Å². The van der Waals surface area contributed by atoms with E-state index in [9.17, 15) is 4.39 Å². The van der Waals surface area contributed by atoms with Crippen LogP contribution in [-0.2, 0) is 0 Å². The van der Waals surface area contributed by atoms with Crippen LogP contribution < -0.4 is 4.74 Å². The van der Waals surface area contributed by atoms with Gasteiger partial charge in [-0.05, 0) is 30.3 Å². The van der Waals surface area contributed by atoms with Crippen molar-refractivity contribution in [2.45, 2.75) is 0 Å². The van der Waals surface area contributed by atoms with Gasteiger partial charge < -0.3 is 9.72 Å². The van der Waals surface area contributed by atoms with Crippen LogP contribution in [0.5, 0.6) is 5.75 Å². The largest absolute Gasteiger partial charge is 0.494 e. The molecule has 1 N–H and O–H groups in total. The molecule has 0 bridgehead atoms. The van der Waals surface area contributed by atoms with Gasteiger partial charge in [0.1, 0.15) is 10.7 Å². The SMILES string of the molecule is COc1ccc(-c2ccc(C#N)c(=S)[nH]2)cc1F. The molecule has 2 rings (SSSR count). The van der Waals surface area contributed by atoms with Gasteiger partial charge in [0.25, 0.3) is 0 Å². The molecule has 1 heterocycles. The van der Waals surface area contributed by atoms with Gasteiger partial charge >= 0.3 is 0 Å². The minimum absolute atomic E-state index is 0.186. The Labute approximate surface area is 108 Å². The number of ether oxygens (including phenoxy) is 1. The normalized spacial score (nSPS) is 9.83. The van der Waals surface area contributed by atoms with Crippen molar-refractivity contribution in [1.29, 1.82) is 5.26 Å². The number of benzene rings is 1. The zero-order chi connectivity index (χ0) is 13.1. The molecular formula is C13H9FN2OS. The Hall–Kier alpha value is -2.19. The van der Waals surface area contributed by atoms with Crippen molar-refractivity contribution in [3.63, 3.8) is 0 Å². The Morgan fingerprint density at radius 1 is 1.33 bits per heavy atom. The lowest BCUT2D eigenvalue weighted by molar-refractivity contribution is 0.386. The van der Waals surface area contributed by atoms with E-state index in [0.717, 1.165) is 0 Å². The predicted octanol–water partition coefficient (Wildman–Crippen LogP) is 3.43. The summed E-state index contributed by atoms with van der Waals surface area (Å²) in [4.78, 5) is 2.89. The van der Waals surface area contributed by atoms with E-state index in [1.165, 1.54) is 13.2 Å². The summed E-state index contributed by atoms with van der Waals surface area (Å²) in [6.45, 7) is 0. The van der Waals surface area contributed by atoms with Crippen LogP contribution in [0.3, 0.4) is 0 Å². The number of aromatic amines is 1. The fourth-order valence-electron chi connectivity index (χ4n) is 1.56. The molecule has 2 aromatic rings. The average Bonchev–Trinajstić information content (AvgIpc) is 2.38. The fourth-order valence-corrected chi connectivity index (χ4v) is 1.79. The van der Waals surface area contributed by atoms with E-state index < -0.39 is 5.82 Å². The lowest BCUT2D eigenvalue weighted by atomic mass is 10.1. The summed E-state index contributed by atoms with van der Waals surface area (Å²) < 4.78 is 18.8. The molecule has 0 unspecified atom stereocenters. The molecule has 5 heteroatoms. The number of nitriles is 1. The molecule has 1 aromatic heterocycles. The molecule has 0 spiro atoms. The molecule has 0 amide bonds. The molecular weight excluding hydrogens is 251 g/mol. The Morgan fingerprint density at radius 2 is 2.11 bits per heavy atom. The van der Waals surface area contributed by atoms with Crippen molar-refractivity contribution >= 4 is 12.2 Å². The van der Waals surface area contributed by atoms with Crippen LogP contribution in [0.25, 0.3) is 11.3 Å². The Kier molecular flexibility index (Phi) is 3.40. The molecule has 0 aliphatic carbocycles. The quantitative estimate of drug-likeness (QED) is 0.841. The van der Waals surface area contributed by atoms with E-state index in [0.29, 0.717) is 21.5 Å². The molecule has 3 nitrogen and oxygen atoms in total. The molecule has 0 saturated heterocycles. The molecule has 18 heavy (non-hydrogen) atoms. The third-order valence-corrected chi connectivity index (χ3v) is 2.81. The Bertz CT molecular complexity index is 688. The van der Waals surface area contributed by atoms with E-state index in [4.69, 9.17) is 22.2 Å². The lowest BCUT2D eigenvalue weighted by Gasteiger charge is -2.05. The second-order valence-electron chi connectivity index (χ2n) is 3.58. The van der Waals surface area contributed by atoms with Gasteiger partial charge in [-0.25, -0.2) is 4.39 Å². The highest BCUT2D eigenvalue weighted by molar-refractivity contribution is 7.71. The first-order chi connectivity index (χ1) is 8.65. The van der Waals surface area contributed by atoms with Crippen molar-refractivity contribution in [3.05, 3.63) is 46.4 Å². The van der Waals surface area contributed by atoms with E-state index in [2.05, 4.69) is 4.98 Å². The number of rotatable bonds is 2. The van der Waals surface area contributed by atoms with Gasteiger partial charge in [-0.15, -0.1) is 0 Å². The number of hydrogen-bond acceptors (Lipinski definition) is 3. The zero-order valence-corrected chi connectivity index (χ0v) is 10.3. The van der Waals surface area contributed by atoms with Crippen molar-refractivity contribution < 1.29 is 9.13 Å².